The highest BCUT2D eigenvalue weighted by atomic mass is 16.2. The van der Waals surface area contributed by atoms with E-state index in [0.717, 1.165) is 27.6 Å². The normalized spacial score (nSPS) is 14.5. The van der Waals surface area contributed by atoms with E-state index in [2.05, 4.69) is 32.3 Å². The second-order valence-corrected chi connectivity index (χ2v) is 7.94. The van der Waals surface area contributed by atoms with E-state index in [-0.39, 0.29) is 23.9 Å². The van der Waals surface area contributed by atoms with Gasteiger partial charge < -0.3 is 10.6 Å². The summed E-state index contributed by atoms with van der Waals surface area (Å²) in [5, 5.41) is 17.0. The van der Waals surface area contributed by atoms with Gasteiger partial charge in [0, 0.05) is 18.2 Å². The maximum absolute atomic E-state index is 12.9. The molecule has 8 heteroatoms. The fourth-order valence-electron chi connectivity index (χ4n) is 3.61. The Morgan fingerprint density at radius 1 is 1.07 bits per heavy atom. The summed E-state index contributed by atoms with van der Waals surface area (Å²) in [7, 11) is 0. The van der Waals surface area contributed by atoms with E-state index in [4.69, 9.17) is 0 Å². The molecule has 1 atom stereocenters. The largest absolute Gasteiger partial charge is 0.335 e. The van der Waals surface area contributed by atoms with Gasteiger partial charge in [0.05, 0.1) is 18.2 Å². The molecule has 1 unspecified atom stereocenters. The molecule has 4 rings (SSSR count). The van der Waals surface area contributed by atoms with E-state index in [0.29, 0.717) is 18.9 Å². The molecule has 8 nitrogen and oxygen atoms in total. The van der Waals surface area contributed by atoms with Crippen LogP contribution in [0.15, 0.2) is 42.5 Å². The topological polar surface area (TPSA) is 102 Å². The Morgan fingerprint density at radius 2 is 1.83 bits per heavy atom. The maximum atomic E-state index is 12.9. The van der Waals surface area contributed by atoms with E-state index in [9.17, 15) is 9.59 Å². The summed E-state index contributed by atoms with van der Waals surface area (Å²) in [6.07, 6.45) is 0. The lowest BCUT2D eigenvalue weighted by atomic mass is 9.97. The van der Waals surface area contributed by atoms with Crippen molar-refractivity contribution < 1.29 is 9.59 Å². The molecule has 0 aliphatic carbocycles. The summed E-state index contributed by atoms with van der Waals surface area (Å²) >= 11 is 0. The van der Waals surface area contributed by atoms with Crippen LogP contribution >= 0.6 is 0 Å². The van der Waals surface area contributed by atoms with Gasteiger partial charge in [-0.1, -0.05) is 42.5 Å². The molecule has 0 radical (unpaired) electrons. The molecule has 0 spiro atoms. The van der Waals surface area contributed by atoms with Gasteiger partial charge in [-0.05, 0) is 37.1 Å². The Bertz CT molecular complexity index is 1090. The summed E-state index contributed by atoms with van der Waals surface area (Å²) in [6.45, 7) is 6.67. The van der Waals surface area contributed by atoms with Gasteiger partial charge in [-0.25, -0.2) is 9.80 Å². The lowest BCUT2D eigenvalue weighted by molar-refractivity contribution is -0.117. The fraction of sp³-hybridized carbons (Fsp3) is 0.318. The Kier molecular flexibility index (Phi) is 5.41. The number of hydrazine groups is 1. The zero-order valence-corrected chi connectivity index (χ0v) is 17.3. The molecule has 0 saturated carbocycles. The van der Waals surface area contributed by atoms with Crippen molar-refractivity contribution in [2.45, 2.75) is 45.8 Å². The number of amides is 3. The average Bonchev–Trinajstić information content (AvgIpc) is 3.27. The Balaban J connectivity index is 1.42. The van der Waals surface area contributed by atoms with Gasteiger partial charge in [0.2, 0.25) is 5.91 Å². The summed E-state index contributed by atoms with van der Waals surface area (Å²) in [6, 6.07) is 14.0. The standard InChI is InChI=1S/C22H26N6O2/c1-13(2)23-22(30)27-28-11-18-19(12-28)25-26-20(18)24-21(29)14(3)16-9-8-15-6-4-5-7-17(15)10-16/h4-10,13-14H,11-12H2,1-3H3,(H2,23,27,30)(H2,24,25,26,29). The second-order valence-electron chi connectivity index (χ2n) is 7.94. The predicted octanol–water partition coefficient (Wildman–Crippen LogP) is 3.24. The molecule has 2 aromatic carbocycles. The summed E-state index contributed by atoms with van der Waals surface area (Å²) in [4.78, 5) is 24.8. The van der Waals surface area contributed by atoms with Crippen LogP contribution in [0.2, 0.25) is 0 Å². The molecule has 156 valence electrons. The first-order valence-electron chi connectivity index (χ1n) is 10.1. The van der Waals surface area contributed by atoms with E-state index >= 15 is 0 Å². The number of H-pyrrole nitrogens is 1. The number of urea groups is 1. The number of hydrogen-bond acceptors (Lipinski definition) is 4. The van der Waals surface area contributed by atoms with Crippen LogP contribution in [0, 0.1) is 0 Å². The second kappa shape index (κ2) is 8.16. The van der Waals surface area contributed by atoms with Crippen LogP contribution in [0.3, 0.4) is 0 Å². The van der Waals surface area contributed by atoms with Crippen LogP contribution in [0.5, 0.6) is 0 Å². The third-order valence-corrected chi connectivity index (χ3v) is 5.24. The first-order valence-corrected chi connectivity index (χ1v) is 10.1. The number of hydrogen-bond donors (Lipinski definition) is 4. The Hall–Kier alpha value is -3.39. The van der Waals surface area contributed by atoms with Crippen LogP contribution in [0.1, 0.15) is 43.5 Å². The van der Waals surface area contributed by atoms with Gasteiger partial charge in [-0.2, -0.15) is 5.10 Å². The van der Waals surface area contributed by atoms with Crippen LogP contribution < -0.4 is 16.1 Å². The number of carbonyl (C=O) groups excluding carboxylic acids is 2. The van der Waals surface area contributed by atoms with Crippen molar-refractivity contribution in [3.05, 3.63) is 59.3 Å². The number of carbonyl (C=O) groups is 2. The van der Waals surface area contributed by atoms with Gasteiger partial charge in [0.1, 0.15) is 0 Å². The minimum Gasteiger partial charge on any atom is -0.335 e. The van der Waals surface area contributed by atoms with Crippen molar-refractivity contribution in [2.75, 3.05) is 5.32 Å². The van der Waals surface area contributed by atoms with E-state index in [1.807, 2.05) is 57.2 Å². The molecule has 0 fully saturated rings. The number of rotatable bonds is 5. The van der Waals surface area contributed by atoms with Crippen molar-refractivity contribution in [1.82, 2.24) is 25.9 Å². The van der Waals surface area contributed by atoms with Crippen LogP contribution in [0.4, 0.5) is 10.6 Å². The molecule has 1 aliphatic rings. The highest BCUT2D eigenvalue weighted by molar-refractivity contribution is 5.96. The van der Waals surface area contributed by atoms with Crippen molar-refractivity contribution in [3.8, 4) is 0 Å². The number of benzene rings is 2. The smallest absolute Gasteiger partial charge is 0.329 e. The first kappa shape index (κ1) is 19.9. The lowest BCUT2D eigenvalue weighted by Gasteiger charge is -2.18. The molecule has 30 heavy (non-hydrogen) atoms. The average molecular weight is 406 g/mol. The van der Waals surface area contributed by atoms with Crippen molar-refractivity contribution in [1.29, 1.82) is 0 Å². The minimum absolute atomic E-state index is 0.0542. The maximum Gasteiger partial charge on any atom is 0.329 e. The van der Waals surface area contributed by atoms with Crippen molar-refractivity contribution in [3.63, 3.8) is 0 Å². The van der Waals surface area contributed by atoms with Gasteiger partial charge >= 0.3 is 6.03 Å². The van der Waals surface area contributed by atoms with Gasteiger partial charge in [-0.15, -0.1) is 0 Å². The first-order chi connectivity index (χ1) is 14.4. The predicted molar refractivity (Wildman–Crippen MR) is 116 cm³/mol. The third kappa shape index (κ3) is 4.13. The lowest BCUT2D eigenvalue weighted by Crippen LogP contribution is -2.46. The number of nitrogens with one attached hydrogen (secondary N) is 4. The van der Waals surface area contributed by atoms with E-state index in [1.165, 1.54) is 0 Å². The number of anilines is 1. The van der Waals surface area contributed by atoms with Crippen LogP contribution in [-0.2, 0) is 17.9 Å². The molecule has 2 heterocycles. The number of aromatic nitrogens is 2. The molecule has 4 N–H and O–H groups in total. The highest BCUT2D eigenvalue weighted by Gasteiger charge is 2.28. The SMILES string of the molecule is CC(C)NC(=O)NN1Cc2[nH]nc(NC(=O)C(C)c3ccc4ccccc4c3)c2C1. The van der Waals surface area contributed by atoms with Crippen molar-refractivity contribution in [2.24, 2.45) is 0 Å². The van der Waals surface area contributed by atoms with Gasteiger partial charge in [-0.3, -0.25) is 15.3 Å². The molecule has 1 aliphatic heterocycles. The molecule has 3 aromatic rings. The third-order valence-electron chi connectivity index (χ3n) is 5.24. The molecule has 3 amide bonds. The highest BCUT2D eigenvalue weighted by Crippen LogP contribution is 2.28. The fourth-order valence-corrected chi connectivity index (χ4v) is 3.61. The molecular weight excluding hydrogens is 380 g/mol. The minimum atomic E-state index is -0.325. The quantitative estimate of drug-likeness (QED) is 0.522. The van der Waals surface area contributed by atoms with Gasteiger partial charge in [0.25, 0.3) is 0 Å². The summed E-state index contributed by atoms with van der Waals surface area (Å²) in [5.41, 5.74) is 5.53. The Labute approximate surface area is 175 Å². The Morgan fingerprint density at radius 3 is 2.60 bits per heavy atom. The molecule has 0 saturated heterocycles. The van der Waals surface area contributed by atoms with Crippen LogP contribution in [-0.4, -0.2) is 33.2 Å². The zero-order chi connectivity index (χ0) is 21.3. The van der Waals surface area contributed by atoms with E-state index in [1.54, 1.807) is 5.01 Å². The number of aromatic amines is 1. The van der Waals surface area contributed by atoms with Crippen LogP contribution in [0.25, 0.3) is 10.8 Å². The monoisotopic (exact) mass is 406 g/mol. The summed E-state index contributed by atoms with van der Waals surface area (Å²) in [5.74, 6) is 0.0640. The zero-order valence-electron chi connectivity index (χ0n) is 17.3. The molecular formula is C22H26N6O2. The number of nitrogens with zero attached hydrogens (tertiary/aromatic N) is 2. The van der Waals surface area contributed by atoms with Crippen molar-refractivity contribution >= 4 is 28.5 Å². The van der Waals surface area contributed by atoms with E-state index < -0.39 is 0 Å². The summed E-state index contributed by atoms with van der Waals surface area (Å²) < 4.78 is 0. The number of fused-ring (bicyclic) bond motifs is 2. The molecule has 1 aromatic heterocycles. The molecule has 0 bridgehead atoms. The van der Waals surface area contributed by atoms with Gasteiger partial charge in [0.15, 0.2) is 5.82 Å².